The number of anilines is 1. The van der Waals surface area contributed by atoms with Gasteiger partial charge in [0.1, 0.15) is 24.1 Å². The van der Waals surface area contributed by atoms with Crippen LogP contribution in [0.25, 0.3) is 10.8 Å². The molecule has 9 heteroatoms. The minimum absolute atomic E-state index is 0.0904. The molecule has 31 heavy (non-hydrogen) atoms. The van der Waals surface area contributed by atoms with E-state index in [9.17, 15) is 4.79 Å². The summed E-state index contributed by atoms with van der Waals surface area (Å²) >= 11 is 0. The fourth-order valence-corrected chi connectivity index (χ4v) is 3.91. The standard InChI is InChI=1S/C22H22N4O5/c1-28-22(27)17-5-6-21(25-24-17)26-10-19-20(11-26)30-13-15(12-29-19)31-18-4-2-3-14-9-23-8-7-16(14)18/h2-9,15,19-20H,10-13H2,1H3/t19-,20-/m0/s1. The van der Waals surface area contributed by atoms with E-state index in [1.54, 1.807) is 18.3 Å². The Bertz CT molecular complexity index is 1060. The molecule has 160 valence electrons. The Balaban J connectivity index is 1.22. The van der Waals surface area contributed by atoms with Crippen molar-refractivity contribution >= 4 is 22.6 Å². The van der Waals surface area contributed by atoms with Crippen molar-refractivity contribution in [1.82, 2.24) is 15.2 Å². The van der Waals surface area contributed by atoms with Crippen LogP contribution in [-0.2, 0) is 14.2 Å². The molecule has 2 aliphatic rings. The van der Waals surface area contributed by atoms with E-state index in [1.165, 1.54) is 7.11 Å². The molecule has 0 radical (unpaired) electrons. The molecule has 2 fully saturated rings. The zero-order valence-electron chi connectivity index (χ0n) is 17.0. The fraction of sp³-hybridized carbons (Fsp3) is 0.364. The molecule has 0 amide bonds. The average molecular weight is 422 g/mol. The zero-order valence-corrected chi connectivity index (χ0v) is 17.0. The molecule has 0 unspecified atom stereocenters. The molecule has 0 bridgehead atoms. The van der Waals surface area contributed by atoms with E-state index in [-0.39, 0.29) is 24.0 Å². The van der Waals surface area contributed by atoms with Crippen LogP contribution in [0.3, 0.4) is 0 Å². The Hall–Kier alpha value is -3.30. The van der Waals surface area contributed by atoms with Crippen molar-refractivity contribution in [1.29, 1.82) is 0 Å². The van der Waals surface area contributed by atoms with E-state index in [1.807, 2.05) is 35.4 Å². The topological polar surface area (TPSA) is 95.9 Å². The highest BCUT2D eigenvalue weighted by molar-refractivity contribution is 5.87. The van der Waals surface area contributed by atoms with Gasteiger partial charge >= 0.3 is 5.97 Å². The normalized spacial score (nSPS) is 21.5. The van der Waals surface area contributed by atoms with Gasteiger partial charge in [-0.3, -0.25) is 4.98 Å². The molecule has 3 aromatic rings. The van der Waals surface area contributed by atoms with Crippen molar-refractivity contribution in [3.8, 4) is 5.75 Å². The number of carbonyl (C=O) groups is 1. The highest BCUT2D eigenvalue weighted by Crippen LogP contribution is 2.28. The van der Waals surface area contributed by atoms with E-state index in [0.29, 0.717) is 32.1 Å². The molecule has 4 heterocycles. The van der Waals surface area contributed by atoms with Crippen LogP contribution in [0.2, 0.25) is 0 Å². The van der Waals surface area contributed by atoms with Gasteiger partial charge in [-0.1, -0.05) is 12.1 Å². The first-order valence-electron chi connectivity index (χ1n) is 10.1. The number of rotatable bonds is 4. The number of hydrogen-bond acceptors (Lipinski definition) is 9. The largest absolute Gasteiger partial charge is 0.485 e. The second kappa shape index (κ2) is 8.44. The number of ether oxygens (including phenoxy) is 4. The third-order valence-electron chi connectivity index (χ3n) is 5.51. The molecule has 0 spiro atoms. The number of nitrogens with zero attached hydrogens (tertiary/aromatic N) is 4. The van der Waals surface area contributed by atoms with E-state index in [2.05, 4.69) is 19.9 Å². The summed E-state index contributed by atoms with van der Waals surface area (Å²) in [7, 11) is 1.31. The molecule has 2 atom stereocenters. The monoisotopic (exact) mass is 422 g/mol. The Morgan fingerprint density at radius 2 is 1.87 bits per heavy atom. The number of aromatic nitrogens is 3. The third-order valence-corrected chi connectivity index (χ3v) is 5.51. The third kappa shape index (κ3) is 4.01. The fourth-order valence-electron chi connectivity index (χ4n) is 3.91. The summed E-state index contributed by atoms with van der Waals surface area (Å²) in [6.07, 6.45) is 3.20. The lowest BCUT2D eigenvalue weighted by atomic mass is 10.1. The summed E-state index contributed by atoms with van der Waals surface area (Å²) < 4.78 is 23.1. The lowest BCUT2D eigenvalue weighted by molar-refractivity contribution is -0.00461. The maximum Gasteiger partial charge on any atom is 0.358 e. The Morgan fingerprint density at radius 3 is 2.58 bits per heavy atom. The maximum atomic E-state index is 11.5. The number of esters is 1. The molecule has 0 saturated carbocycles. The Labute approximate surface area is 178 Å². The first-order chi connectivity index (χ1) is 15.2. The molecule has 5 rings (SSSR count). The Kier molecular flexibility index (Phi) is 5.35. The van der Waals surface area contributed by atoms with Gasteiger partial charge in [0.2, 0.25) is 0 Å². The van der Waals surface area contributed by atoms with Gasteiger partial charge in [-0.2, -0.15) is 0 Å². The molecule has 2 aromatic heterocycles. The molecular formula is C22H22N4O5. The number of hydrogen-bond donors (Lipinski definition) is 0. The molecule has 0 aliphatic carbocycles. The van der Waals surface area contributed by atoms with Crippen molar-refractivity contribution in [3.05, 3.63) is 54.5 Å². The van der Waals surface area contributed by atoms with Crippen LogP contribution in [0.1, 0.15) is 10.5 Å². The maximum absolute atomic E-state index is 11.5. The van der Waals surface area contributed by atoms with Crippen LogP contribution in [0.15, 0.2) is 48.8 Å². The summed E-state index contributed by atoms with van der Waals surface area (Å²) in [5, 5.41) is 10.1. The summed E-state index contributed by atoms with van der Waals surface area (Å²) in [6.45, 7) is 2.13. The van der Waals surface area contributed by atoms with Crippen LogP contribution >= 0.6 is 0 Å². The van der Waals surface area contributed by atoms with Gasteiger partial charge in [0.05, 0.1) is 20.3 Å². The van der Waals surface area contributed by atoms with E-state index < -0.39 is 5.97 Å². The van der Waals surface area contributed by atoms with Crippen LogP contribution in [0.5, 0.6) is 5.75 Å². The van der Waals surface area contributed by atoms with Gasteiger partial charge in [0.15, 0.2) is 11.5 Å². The van der Waals surface area contributed by atoms with Crippen LogP contribution < -0.4 is 9.64 Å². The number of methoxy groups -OCH3 is 1. The molecule has 2 saturated heterocycles. The molecule has 9 nitrogen and oxygen atoms in total. The number of fused-ring (bicyclic) bond motifs is 2. The second-order valence-electron chi connectivity index (χ2n) is 7.51. The summed E-state index contributed by atoms with van der Waals surface area (Å²) in [5.41, 5.74) is 0.177. The predicted molar refractivity (Wildman–Crippen MR) is 111 cm³/mol. The zero-order chi connectivity index (χ0) is 21.2. The highest BCUT2D eigenvalue weighted by atomic mass is 16.6. The first kappa shape index (κ1) is 19.7. The van der Waals surface area contributed by atoms with Crippen LogP contribution in [0.4, 0.5) is 5.82 Å². The van der Waals surface area contributed by atoms with E-state index in [4.69, 9.17) is 14.2 Å². The van der Waals surface area contributed by atoms with Gasteiger partial charge < -0.3 is 23.8 Å². The molecular weight excluding hydrogens is 400 g/mol. The van der Waals surface area contributed by atoms with Gasteiger partial charge in [-0.15, -0.1) is 10.2 Å². The lowest BCUT2D eigenvalue weighted by Crippen LogP contribution is -2.30. The van der Waals surface area contributed by atoms with Crippen molar-refractivity contribution in [2.75, 3.05) is 38.3 Å². The predicted octanol–water partition coefficient (Wildman–Crippen LogP) is 1.86. The SMILES string of the molecule is COC(=O)c1ccc(N2C[C@@H]3OCC(Oc4cccc5cnccc45)CO[C@H]3C2)nn1. The first-order valence-corrected chi connectivity index (χ1v) is 10.1. The minimum Gasteiger partial charge on any atom is -0.485 e. The Morgan fingerprint density at radius 1 is 1.06 bits per heavy atom. The van der Waals surface area contributed by atoms with Crippen molar-refractivity contribution in [2.24, 2.45) is 0 Å². The van der Waals surface area contributed by atoms with Gasteiger partial charge in [0, 0.05) is 36.3 Å². The second-order valence-corrected chi connectivity index (χ2v) is 7.51. The van der Waals surface area contributed by atoms with Gasteiger partial charge in [0.25, 0.3) is 0 Å². The molecule has 1 aromatic carbocycles. The number of benzene rings is 1. The number of carbonyl (C=O) groups excluding carboxylic acids is 1. The van der Waals surface area contributed by atoms with Gasteiger partial charge in [-0.25, -0.2) is 4.79 Å². The average Bonchev–Trinajstić information content (AvgIpc) is 3.14. The van der Waals surface area contributed by atoms with Gasteiger partial charge in [-0.05, 0) is 24.3 Å². The van der Waals surface area contributed by atoms with E-state index >= 15 is 0 Å². The summed E-state index contributed by atoms with van der Waals surface area (Å²) in [6, 6.07) is 11.2. The highest BCUT2D eigenvalue weighted by Gasteiger charge is 2.38. The lowest BCUT2D eigenvalue weighted by Gasteiger charge is -2.20. The van der Waals surface area contributed by atoms with Crippen molar-refractivity contribution in [2.45, 2.75) is 18.3 Å². The minimum atomic E-state index is -0.509. The summed E-state index contributed by atoms with van der Waals surface area (Å²) in [4.78, 5) is 17.7. The summed E-state index contributed by atoms with van der Waals surface area (Å²) in [5.74, 6) is 0.961. The molecule has 2 aliphatic heterocycles. The van der Waals surface area contributed by atoms with Crippen LogP contribution in [0, 0.1) is 0 Å². The van der Waals surface area contributed by atoms with E-state index in [0.717, 1.165) is 16.5 Å². The van der Waals surface area contributed by atoms with Crippen LogP contribution in [-0.4, -0.2) is 72.9 Å². The number of pyridine rings is 1. The van der Waals surface area contributed by atoms with Crippen molar-refractivity contribution < 1.29 is 23.7 Å². The quantitative estimate of drug-likeness (QED) is 0.584. The molecule has 0 N–H and O–H groups in total. The van der Waals surface area contributed by atoms with Crippen molar-refractivity contribution in [3.63, 3.8) is 0 Å². The smallest absolute Gasteiger partial charge is 0.358 e.